The minimum absolute atomic E-state index is 0.132. The summed E-state index contributed by atoms with van der Waals surface area (Å²) in [6, 6.07) is 69.3. The van der Waals surface area contributed by atoms with Crippen molar-refractivity contribution in [3.8, 4) is 62.1 Å². The molecule has 1 aliphatic rings. The Morgan fingerprint density at radius 1 is 0.409 bits per heavy atom. The number of benzene rings is 9. The summed E-state index contributed by atoms with van der Waals surface area (Å²) in [5.74, 6) is 1.86. The molecule has 6 heteroatoms. The summed E-state index contributed by atoms with van der Waals surface area (Å²) in [4.78, 5) is 15.6. The second kappa shape index (κ2) is 13.9. The van der Waals surface area contributed by atoms with Crippen LogP contribution in [0.25, 0.3) is 126 Å². The third-order valence-corrected chi connectivity index (χ3v) is 15.1. The highest BCUT2D eigenvalue weighted by atomic mass is 32.1. The number of nitrogens with zero attached hydrogens (tertiary/aromatic N) is 4. The van der Waals surface area contributed by atoms with Crippen molar-refractivity contribution in [1.82, 2.24) is 19.5 Å². The highest BCUT2D eigenvalue weighted by Gasteiger charge is 2.36. The van der Waals surface area contributed by atoms with E-state index in [9.17, 15) is 0 Å². The van der Waals surface area contributed by atoms with E-state index in [0.717, 1.165) is 60.1 Å². The van der Waals surface area contributed by atoms with Crippen molar-refractivity contribution >= 4 is 75.3 Å². The topological polar surface area (TPSA) is 56.7 Å². The zero-order valence-corrected chi connectivity index (χ0v) is 36.9. The Balaban J connectivity index is 1.06. The third-order valence-electron chi connectivity index (χ3n) is 13.9. The summed E-state index contributed by atoms with van der Waals surface area (Å²) in [6.45, 7) is 4.73. The Kier molecular flexibility index (Phi) is 7.84. The standard InChI is InChI=1S/C60H38N4OS/c1-60(2)47-24-12-9-20-38(47)45-33-46-39-21-10-13-25-49(39)64(51(46)34-48(45)60)50-26-15-23-42-43-30-31-44(59-62-57(35-16-5-3-6-17-35)61-58(63-59)36-18-7-4-8-19-36)54(56(43)66-55(42)50)37-28-29-41-40-22-11-14-27-52(40)65-53(41)32-37/h3-34H,1-2H3. The van der Waals surface area contributed by atoms with E-state index in [1.807, 2.05) is 59.9 Å². The highest BCUT2D eigenvalue weighted by molar-refractivity contribution is 7.26. The number of thiophene rings is 1. The molecule has 0 saturated carbocycles. The summed E-state index contributed by atoms with van der Waals surface area (Å²) in [7, 11) is 0. The van der Waals surface area contributed by atoms with Crippen molar-refractivity contribution in [1.29, 1.82) is 0 Å². The number of hydrogen-bond acceptors (Lipinski definition) is 5. The van der Waals surface area contributed by atoms with Crippen molar-refractivity contribution in [3.05, 3.63) is 205 Å². The zero-order chi connectivity index (χ0) is 43.7. The molecule has 0 saturated heterocycles. The van der Waals surface area contributed by atoms with Crippen LogP contribution in [0.3, 0.4) is 0 Å². The van der Waals surface area contributed by atoms with E-state index in [-0.39, 0.29) is 5.41 Å². The van der Waals surface area contributed by atoms with Gasteiger partial charge in [0.2, 0.25) is 0 Å². The van der Waals surface area contributed by atoms with Crippen LogP contribution in [0.15, 0.2) is 199 Å². The van der Waals surface area contributed by atoms with Crippen LogP contribution < -0.4 is 0 Å². The van der Waals surface area contributed by atoms with E-state index in [0.29, 0.717) is 17.5 Å². The molecule has 1 aliphatic carbocycles. The molecule has 9 aromatic carbocycles. The molecular formula is C60H38N4OS. The molecule has 310 valence electrons. The Morgan fingerprint density at radius 2 is 1.05 bits per heavy atom. The molecule has 66 heavy (non-hydrogen) atoms. The molecule has 0 radical (unpaired) electrons. The van der Waals surface area contributed by atoms with Crippen LogP contribution in [0.2, 0.25) is 0 Å². The molecule has 0 fully saturated rings. The van der Waals surface area contributed by atoms with Crippen molar-refractivity contribution in [2.75, 3.05) is 0 Å². The predicted molar refractivity (Wildman–Crippen MR) is 274 cm³/mol. The van der Waals surface area contributed by atoms with Crippen molar-refractivity contribution < 1.29 is 4.42 Å². The number of furan rings is 1. The third kappa shape index (κ3) is 5.36. The molecule has 0 atom stereocenters. The van der Waals surface area contributed by atoms with E-state index >= 15 is 0 Å². The summed E-state index contributed by atoms with van der Waals surface area (Å²) < 4.78 is 11.4. The van der Waals surface area contributed by atoms with Crippen molar-refractivity contribution in [2.45, 2.75) is 19.3 Å². The van der Waals surface area contributed by atoms with E-state index in [1.165, 1.54) is 59.5 Å². The zero-order valence-electron chi connectivity index (χ0n) is 36.1. The van der Waals surface area contributed by atoms with Gasteiger partial charge < -0.3 is 8.98 Å². The molecule has 14 rings (SSSR count). The quantitative estimate of drug-likeness (QED) is 0.173. The average Bonchev–Trinajstić information content (AvgIpc) is 4.10. The fourth-order valence-corrected chi connectivity index (χ4v) is 12.1. The lowest BCUT2D eigenvalue weighted by atomic mass is 9.82. The molecule has 0 unspecified atom stereocenters. The van der Waals surface area contributed by atoms with Gasteiger partial charge in [-0.1, -0.05) is 159 Å². The maximum atomic E-state index is 6.56. The summed E-state index contributed by atoms with van der Waals surface area (Å²) in [5, 5.41) is 7.08. The number of fused-ring (bicyclic) bond motifs is 12. The first-order valence-corrected chi connectivity index (χ1v) is 23.2. The minimum atomic E-state index is -0.132. The van der Waals surface area contributed by atoms with Gasteiger partial charge in [0.05, 0.1) is 21.4 Å². The Hall–Kier alpha value is -8.19. The van der Waals surface area contributed by atoms with Crippen molar-refractivity contribution in [2.24, 2.45) is 0 Å². The Morgan fingerprint density at radius 3 is 1.85 bits per heavy atom. The second-order valence-electron chi connectivity index (χ2n) is 17.9. The van der Waals surface area contributed by atoms with Gasteiger partial charge in [-0.05, 0) is 76.3 Å². The Labute approximate surface area is 383 Å². The van der Waals surface area contributed by atoms with Crippen LogP contribution in [-0.4, -0.2) is 19.5 Å². The maximum absolute atomic E-state index is 6.56. The SMILES string of the molecule is CC1(C)c2ccccc2-c2cc3c4ccccc4n(-c4cccc5c4sc4c(-c6ccc7c(c6)oc6ccccc67)c(-c6nc(-c7ccccc7)nc(-c7ccccc7)n6)ccc45)c3cc21. The summed E-state index contributed by atoms with van der Waals surface area (Å²) in [5.41, 5.74) is 15.4. The van der Waals surface area contributed by atoms with Crippen molar-refractivity contribution in [3.63, 3.8) is 0 Å². The molecule has 4 aromatic heterocycles. The predicted octanol–water partition coefficient (Wildman–Crippen LogP) is 16.2. The molecule has 5 nitrogen and oxygen atoms in total. The van der Waals surface area contributed by atoms with Gasteiger partial charge >= 0.3 is 0 Å². The lowest BCUT2D eigenvalue weighted by Gasteiger charge is -2.21. The second-order valence-corrected chi connectivity index (χ2v) is 18.9. The fraction of sp³-hybridized carbons (Fsp3) is 0.0500. The first-order chi connectivity index (χ1) is 32.5. The molecule has 0 spiro atoms. The molecule has 0 amide bonds. The van der Waals surface area contributed by atoms with Crippen LogP contribution in [0.4, 0.5) is 0 Å². The Bertz CT molecular complexity index is 4080. The smallest absolute Gasteiger partial charge is 0.164 e. The van der Waals surface area contributed by atoms with Gasteiger partial charge in [-0.15, -0.1) is 11.3 Å². The lowest BCUT2D eigenvalue weighted by Crippen LogP contribution is -2.14. The van der Waals surface area contributed by atoms with Crippen LogP contribution in [0.1, 0.15) is 25.0 Å². The van der Waals surface area contributed by atoms with E-state index in [1.54, 1.807) is 0 Å². The largest absolute Gasteiger partial charge is 0.456 e. The summed E-state index contributed by atoms with van der Waals surface area (Å²) >= 11 is 1.84. The molecular weight excluding hydrogens is 825 g/mol. The number of hydrogen-bond donors (Lipinski definition) is 0. The van der Waals surface area contributed by atoms with Crippen LogP contribution >= 0.6 is 11.3 Å². The number of rotatable bonds is 5. The molecule has 4 heterocycles. The molecule has 13 aromatic rings. The van der Waals surface area contributed by atoms with Gasteiger partial charge in [0.1, 0.15) is 11.2 Å². The normalized spacial score (nSPS) is 13.1. The number of aromatic nitrogens is 4. The average molecular weight is 863 g/mol. The first-order valence-electron chi connectivity index (χ1n) is 22.4. The molecule has 0 aliphatic heterocycles. The van der Waals surface area contributed by atoms with Gasteiger partial charge in [-0.3, -0.25) is 0 Å². The molecule has 0 bridgehead atoms. The first kappa shape index (κ1) is 37.2. The number of para-hydroxylation sites is 2. The van der Waals surface area contributed by atoms with Crippen LogP contribution in [-0.2, 0) is 5.41 Å². The lowest BCUT2D eigenvalue weighted by molar-refractivity contribution is 0.661. The van der Waals surface area contributed by atoms with Gasteiger partial charge in [0.25, 0.3) is 0 Å². The van der Waals surface area contributed by atoms with E-state index in [2.05, 4.69) is 164 Å². The van der Waals surface area contributed by atoms with Gasteiger partial charge in [-0.2, -0.15) is 0 Å². The van der Waals surface area contributed by atoms with E-state index in [4.69, 9.17) is 19.4 Å². The minimum Gasteiger partial charge on any atom is -0.456 e. The maximum Gasteiger partial charge on any atom is 0.164 e. The monoisotopic (exact) mass is 862 g/mol. The van der Waals surface area contributed by atoms with E-state index < -0.39 is 0 Å². The molecule has 0 N–H and O–H groups in total. The highest BCUT2D eigenvalue weighted by Crippen LogP contribution is 2.52. The van der Waals surface area contributed by atoms with Crippen LogP contribution in [0, 0.1) is 0 Å². The van der Waals surface area contributed by atoms with Gasteiger partial charge in [-0.25, -0.2) is 15.0 Å². The fourth-order valence-electron chi connectivity index (χ4n) is 10.7. The van der Waals surface area contributed by atoms with Gasteiger partial charge in [0.15, 0.2) is 17.5 Å². The van der Waals surface area contributed by atoms with Crippen LogP contribution in [0.5, 0.6) is 0 Å². The summed E-state index contributed by atoms with van der Waals surface area (Å²) in [6.07, 6.45) is 0. The van der Waals surface area contributed by atoms with Gasteiger partial charge in [0, 0.05) is 64.7 Å².